The molecule has 7 nitrogen and oxygen atoms in total. The van der Waals surface area contributed by atoms with Gasteiger partial charge in [0.15, 0.2) is 0 Å². The highest BCUT2D eigenvalue weighted by atomic mass is 16.5. The Morgan fingerprint density at radius 1 is 1.00 bits per heavy atom. The quantitative estimate of drug-likeness (QED) is 0.428. The molecule has 1 aliphatic heterocycles. The number of nitrogens with one attached hydrogen (secondary N) is 2. The summed E-state index contributed by atoms with van der Waals surface area (Å²) in [4.78, 5) is 11.3. The zero-order chi connectivity index (χ0) is 23.3. The molecule has 1 aliphatic rings. The van der Waals surface area contributed by atoms with Gasteiger partial charge in [-0.2, -0.15) is 5.10 Å². The average Bonchev–Trinajstić information content (AvgIpc) is 2.85. The van der Waals surface area contributed by atoms with Crippen LogP contribution in [-0.2, 0) is 22.4 Å². The Morgan fingerprint density at radius 2 is 1.85 bits per heavy atom. The van der Waals surface area contributed by atoms with Crippen LogP contribution in [-0.4, -0.2) is 51.6 Å². The first-order chi connectivity index (χ1) is 16.2. The molecule has 3 rings (SSSR count). The van der Waals surface area contributed by atoms with E-state index in [2.05, 4.69) is 41.0 Å². The molecular weight excluding hydrogens is 418 g/mol. The van der Waals surface area contributed by atoms with Crippen LogP contribution in [0.3, 0.4) is 0 Å². The molecule has 0 spiro atoms. The Morgan fingerprint density at radius 3 is 2.58 bits per heavy atom. The molecule has 0 bridgehead atoms. The van der Waals surface area contributed by atoms with Crippen LogP contribution in [0.4, 0.5) is 0 Å². The maximum Gasteiger partial charge on any atom is 0.240 e. The number of amides is 1. The maximum atomic E-state index is 11.3. The van der Waals surface area contributed by atoms with Crippen molar-refractivity contribution in [3.05, 3.63) is 59.2 Å². The van der Waals surface area contributed by atoms with Crippen molar-refractivity contribution in [1.29, 1.82) is 0 Å². The summed E-state index contributed by atoms with van der Waals surface area (Å²) in [5.74, 6) is 1.78. The van der Waals surface area contributed by atoms with Crippen LogP contribution in [0.5, 0.6) is 11.5 Å². The van der Waals surface area contributed by atoms with Gasteiger partial charge in [-0.3, -0.25) is 4.79 Å². The van der Waals surface area contributed by atoms with Crippen molar-refractivity contribution < 1.29 is 19.0 Å². The van der Waals surface area contributed by atoms with E-state index in [0.29, 0.717) is 26.1 Å². The van der Waals surface area contributed by atoms with Gasteiger partial charge >= 0.3 is 0 Å². The monoisotopic (exact) mass is 453 g/mol. The molecule has 0 radical (unpaired) electrons. The van der Waals surface area contributed by atoms with Crippen LogP contribution in [0.25, 0.3) is 0 Å². The third-order valence-corrected chi connectivity index (χ3v) is 5.50. The number of methoxy groups -OCH3 is 1. The Bertz CT molecular complexity index is 912. The van der Waals surface area contributed by atoms with Crippen molar-refractivity contribution in [3.8, 4) is 11.5 Å². The second-order valence-corrected chi connectivity index (χ2v) is 7.96. The van der Waals surface area contributed by atoms with Crippen molar-refractivity contribution in [2.45, 2.75) is 39.0 Å². The van der Waals surface area contributed by atoms with Crippen LogP contribution >= 0.6 is 0 Å². The van der Waals surface area contributed by atoms with Gasteiger partial charge in [-0.25, -0.2) is 5.43 Å². The van der Waals surface area contributed by atoms with Crippen LogP contribution in [0.1, 0.15) is 42.9 Å². The lowest BCUT2D eigenvalue weighted by molar-refractivity contribution is -0.121. The van der Waals surface area contributed by atoms with E-state index in [9.17, 15) is 4.79 Å². The molecule has 0 aliphatic carbocycles. The molecule has 33 heavy (non-hydrogen) atoms. The fourth-order valence-electron chi connectivity index (χ4n) is 3.58. The van der Waals surface area contributed by atoms with E-state index >= 15 is 0 Å². The molecule has 0 saturated heterocycles. The first-order valence-corrected chi connectivity index (χ1v) is 11.7. The fourth-order valence-corrected chi connectivity index (χ4v) is 3.58. The van der Waals surface area contributed by atoms with E-state index in [1.807, 2.05) is 24.3 Å². The van der Waals surface area contributed by atoms with Crippen molar-refractivity contribution in [2.24, 2.45) is 5.10 Å². The number of aryl methyl sites for hydroxylation is 1. The van der Waals surface area contributed by atoms with Gasteiger partial charge in [-0.15, -0.1) is 0 Å². The molecule has 1 heterocycles. The van der Waals surface area contributed by atoms with E-state index in [0.717, 1.165) is 67.3 Å². The highest BCUT2D eigenvalue weighted by Crippen LogP contribution is 2.22. The van der Waals surface area contributed by atoms with Gasteiger partial charge in [0, 0.05) is 26.5 Å². The summed E-state index contributed by atoms with van der Waals surface area (Å²) in [6.07, 6.45) is 3.88. The summed E-state index contributed by atoms with van der Waals surface area (Å²) >= 11 is 0. The van der Waals surface area contributed by atoms with Crippen LogP contribution in [0, 0.1) is 0 Å². The smallest absolute Gasteiger partial charge is 0.240 e. The molecule has 2 aromatic rings. The van der Waals surface area contributed by atoms with Gasteiger partial charge in [-0.05, 0) is 72.8 Å². The van der Waals surface area contributed by atoms with E-state index < -0.39 is 0 Å². The highest BCUT2D eigenvalue weighted by Gasteiger charge is 2.14. The van der Waals surface area contributed by atoms with Gasteiger partial charge in [0.25, 0.3) is 0 Å². The molecule has 2 aromatic carbocycles. The number of hydrogen-bond acceptors (Lipinski definition) is 6. The summed E-state index contributed by atoms with van der Waals surface area (Å²) < 4.78 is 16.9. The molecule has 0 unspecified atom stereocenters. The molecule has 1 amide bonds. The molecule has 0 fully saturated rings. The number of hydrazone groups is 1. The number of rotatable bonds is 14. The van der Waals surface area contributed by atoms with E-state index in [-0.39, 0.29) is 5.91 Å². The lowest BCUT2D eigenvalue weighted by Crippen LogP contribution is -2.26. The second kappa shape index (κ2) is 13.6. The van der Waals surface area contributed by atoms with Gasteiger partial charge in [-0.1, -0.05) is 19.1 Å². The Hall–Kier alpha value is -2.90. The minimum atomic E-state index is -0.0270. The molecule has 0 aromatic heterocycles. The Kier molecular flexibility index (Phi) is 10.2. The first-order valence-electron chi connectivity index (χ1n) is 11.7. The van der Waals surface area contributed by atoms with Crippen LogP contribution in [0.15, 0.2) is 47.6 Å². The lowest BCUT2D eigenvalue weighted by atomic mass is 10.0. The minimum Gasteiger partial charge on any atom is -0.494 e. The summed E-state index contributed by atoms with van der Waals surface area (Å²) in [6.45, 7) is 5.78. The SMILES string of the molecule is CCc1cc(C2=NNC(=O)CC2)ccc1OCCNCCCOc1ccc(CCOC)cc1. The van der Waals surface area contributed by atoms with Crippen LogP contribution < -0.4 is 20.2 Å². The average molecular weight is 454 g/mol. The van der Waals surface area contributed by atoms with Gasteiger partial charge in [0.05, 0.1) is 18.9 Å². The number of ether oxygens (including phenoxy) is 3. The maximum absolute atomic E-state index is 11.3. The third kappa shape index (κ3) is 8.18. The van der Waals surface area contributed by atoms with Crippen LogP contribution in [0.2, 0.25) is 0 Å². The molecule has 0 atom stereocenters. The molecular formula is C26H35N3O4. The zero-order valence-corrected chi connectivity index (χ0v) is 19.7. The summed E-state index contributed by atoms with van der Waals surface area (Å²) in [5, 5.41) is 7.58. The summed E-state index contributed by atoms with van der Waals surface area (Å²) in [7, 11) is 1.72. The topological polar surface area (TPSA) is 81.2 Å². The zero-order valence-electron chi connectivity index (χ0n) is 19.7. The number of benzene rings is 2. The Labute approximate surface area is 196 Å². The summed E-state index contributed by atoms with van der Waals surface area (Å²) in [6, 6.07) is 14.3. The van der Waals surface area contributed by atoms with Crippen molar-refractivity contribution in [3.63, 3.8) is 0 Å². The predicted molar refractivity (Wildman–Crippen MR) is 130 cm³/mol. The molecule has 178 valence electrons. The van der Waals surface area contributed by atoms with Crippen molar-refractivity contribution in [1.82, 2.24) is 10.7 Å². The highest BCUT2D eigenvalue weighted by molar-refractivity contribution is 6.04. The minimum absolute atomic E-state index is 0.0270. The lowest BCUT2D eigenvalue weighted by Gasteiger charge is -2.15. The summed E-state index contributed by atoms with van der Waals surface area (Å²) in [5.41, 5.74) is 6.92. The number of carbonyl (C=O) groups excluding carboxylic acids is 1. The van der Waals surface area contributed by atoms with E-state index in [4.69, 9.17) is 14.2 Å². The standard InChI is InChI=1S/C26H35N3O4/c1-3-21-19-22(24-10-12-26(30)29-28-24)7-11-25(21)33-18-15-27-14-4-16-32-23-8-5-20(6-9-23)13-17-31-2/h5-9,11,19,27H,3-4,10,12-18H2,1-2H3,(H,29,30). The largest absolute Gasteiger partial charge is 0.494 e. The second-order valence-electron chi connectivity index (χ2n) is 7.96. The molecule has 0 saturated carbocycles. The fraction of sp³-hybridized carbons (Fsp3) is 0.462. The van der Waals surface area contributed by atoms with Crippen molar-refractivity contribution in [2.75, 3.05) is 40.0 Å². The van der Waals surface area contributed by atoms with E-state index in [1.54, 1.807) is 7.11 Å². The third-order valence-electron chi connectivity index (χ3n) is 5.50. The first kappa shape index (κ1) is 24.7. The number of hydrogen-bond donors (Lipinski definition) is 2. The number of carbonyl (C=O) groups is 1. The predicted octanol–water partition coefficient (Wildman–Crippen LogP) is 3.49. The molecule has 7 heteroatoms. The van der Waals surface area contributed by atoms with Gasteiger partial charge in [0.1, 0.15) is 18.1 Å². The van der Waals surface area contributed by atoms with Crippen molar-refractivity contribution >= 4 is 11.6 Å². The normalized spacial score (nSPS) is 13.4. The molecule has 2 N–H and O–H groups in total. The van der Waals surface area contributed by atoms with Gasteiger partial charge in [0.2, 0.25) is 5.91 Å². The van der Waals surface area contributed by atoms with Gasteiger partial charge < -0.3 is 19.5 Å². The Balaban J connectivity index is 1.31. The van der Waals surface area contributed by atoms with E-state index in [1.165, 1.54) is 5.56 Å². The number of nitrogens with zero attached hydrogens (tertiary/aromatic N) is 1.